The molecule has 2 aliphatic carbocycles. The highest BCUT2D eigenvalue weighted by molar-refractivity contribution is 7.84. The Balaban J connectivity index is 1.94. The van der Waals surface area contributed by atoms with Crippen LogP contribution < -0.4 is 0 Å². The lowest BCUT2D eigenvalue weighted by Gasteiger charge is -2.26. The smallest absolute Gasteiger partial charge is 0.267 e. The van der Waals surface area contributed by atoms with Crippen molar-refractivity contribution >= 4 is 24.2 Å². The third-order valence-electron chi connectivity index (χ3n) is 5.56. The first-order chi connectivity index (χ1) is 12.0. The van der Waals surface area contributed by atoms with E-state index in [4.69, 9.17) is 0 Å². The molecule has 138 valence electrons. The van der Waals surface area contributed by atoms with Crippen molar-refractivity contribution < 1.29 is 4.79 Å². The maximum absolute atomic E-state index is 12.5. The summed E-state index contributed by atoms with van der Waals surface area (Å²) in [6.45, 7) is 7.39. The third kappa shape index (κ3) is 5.88. The zero-order chi connectivity index (χ0) is 18.2. The molecule has 0 atom stereocenters. The van der Waals surface area contributed by atoms with E-state index in [1.807, 2.05) is 0 Å². The lowest BCUT2D eigenvalue weighted by atomic mass is 9.81. The van der Waals surface area contributed by atoms with E-state index in [1.54, 1.807) is 19.2 Å². The molecule has 2 fully saturated rings. The van der Waals surface area contributed by atoms with Gasteiger partial charge in [0.25, 0.3) is 5.91 Å². The average Bonchev–Trinajstić information content (AvgIpc) is 3.08. The molecule has 4 heteroatoms. The fourth-order valence-electron chi connectivity index (χ4n) is 4.25. The summed E-state index contributed by atoms with van der Waals surface area (Å²) in [4.78, 5) is 13.0. The quantitative estimate of drug-likeness (QED) is 0.298. The molecule has 1 amide bonds. The standard InChI is InChI=1S/C21H32N2OS/c1-4-9-20(16(2)25)21(24)23(3)22-19-14-7-12-18(13-8-15-19)17-10-5-6-11-17/h4,9,17-18,25H,1-2,5-8,10-15H2,3H3/b20-9+,22-19?. The van der Waals surface area contributed by atoms with Gasteiger partial charge in [0.1, 0.15) is 0 Å². The first-order valence-electron chi connectivity index (χ1n) is 9.58. The molecular weight excluding hydrogens is 328 g/mol. The maximum Gasteiger partial charge on any atom is 0.274 e. The van der Waals surface area contributed by atoms with Gasteiger partial charge in [0, 0.05) is 17.7 Å². The molecule has 3 nitrogen and oxygen atoms in total. The number of carbonyl (C=O) groups is 1. The Morgan fingerprint density at radius 3 is 2.12 bits per heavy atom. The van der Waals surface area contributed by atoms with Gasteiger partial charge in [-0.3, -0.25) is 4.79 Å². The second kappa shape index (κ2) is 10.0. The van der Waals surface area contributed by atoms with Gasteiger partial charge in [-0.1, -0.05) is 44.9 Å². The van der Waals surface area contributed by atoms with Crippen molar-refractivity contribution in [3.05, 3.63) is 35.8 Å². The molecule has 0 heterocycles. The molecule has 0 aromatic rings. The van der Waals surface area contributed by atoms with Crippen molar-refractivity contribution in [3.8, 4) is 0 Å². The molecule has 0 spiro atoms. The van der Waals surface area contributed by atoms with Crippen molar-refractivity contribution in [2.45, 2.75) is 64.2 Å². The fraction of sp³-hybridized carbons (Fsp3) is 0.619. The summed E-state index contributed by atoms with van der Waals surface area (Å²) in [7, 11) is 1.71. The summed E-state index contributed by atoms with van der Waals surface area (Å²) in [6.07, 6.45) is 16.0. The van der Waals surface area contributed by atoms with E-state index < -0.39 is 0 Å². The van der Waals surface area contributed by atoms with E-state index in [1.165, 1.54) is 56.4 Å². The zero-order valence-corrected chi connectivity index (χ0v) is 16.4. The highest BCUT2D eigenvalue weighted by Crippen LogP contribution is 2.37. The zero-order valence-electron chi connectivity index (χ0n) is 15.5. The number of carbonyl (C=O) groups excluding carboxylic acids is 1. The molecule has 2 saturated carbocycles. The van der Waals surface area contributed by atoms with Gasteiger partial charge in [-0.2, -0.15) is 5.10 Å². The summed E-state index contributed by atoms with van der Waals surface area (Å²) in [5.74, 6) is 1.70. The lowest BCUT2D eigenvalue weighted by molar-refractivity contribution is -0.125. The van der Waals surface area contributed by atoms with E-state index in [2.05, 4.69) is 30.9 Å². The number of likely N-dealkylation sites (N-methyl/N-ethyl adjacent to an activating group) is 1. The third-order valence-corrected chi connectivity index (χ3v) is 5.80. The molecule has 0 radical (unpaired) electrons. The van der Waals surface area contributed by atoms with Crippen LogP contribution in [0.3, 0.4) is 0 Å². The van der Waals surface area contributed by atoms with Crippen LogP contribution in [0.5, 0.6) is 0 Å². The van der Waals surface area contributed by atoms with Crippen LogP contribution in [0.4, 0.5) is 0 Å². The van der Waals surface area contributed by atoms with E-state index in [0.717, 1.165) is 30.4 Å². The minimum Gasteiger partial charge on any atom is -0.267 e. The normalized spacial score (nSPS) is 22.9. The van der Waals surface area contributed by atoms with Gasteiger partial charge < -0.3 is 0 Å². The number of amides is 1. The number of rotatable bonds is 5. The molecule has 0 saturated heterocycles. The molecule has 0 aliphatic heterocycles. The van der Waals surface area contributed by atoms with E-state index in [-0.39, 0.29) is 5.91 Å². The first-order valence-corrected chi connectivity index (χ1v) is 10.0. The number of thiol groups is 1. The highest BCUT2D eigenvalue weighted by atomic mass is 32.1. The van der Waals surface area contributed by atoms with Crippen LogP contribution in [0, 0.1) is 11.8 Å². The predicted octanol–water partition coefficient (Wildman–Crippen LogP) is 5.52. The Bertz CT molecular complexity index is 546. The average molecular weight is 361 g/mol. The minimum atomic E-state index is -0.182. The van der Waals surface area contributed by atoms with Crippen LogP contribution in [0.1, 0.15) is 64.2 Å². The van der Waals surface area contributed by atoms with Crippen molar-refractivity contribution in [2.75, 3.05) is 7.05 Å². The van der Waals surface area contributed by atoms with Gasteiger partial charge in [-0.25, -0.2) is 5.01 Å². The van der Waals surface area contributed by atoms with Gasteiger partial charge in [-0.05, 0) is 56.4 Å². The van der Waals surface area contributed by atoms with Crippen LogP contribution in [0.15, 0.2) is 40.9 Å². The SMILES string of the molecule is C=C/C=C(\C(=C)S)C(=O)N(C)N=C1CCCC(C2CCCC2)CCC1. The van der Waals surface area contributed by atoms with Crippen molar-refractivity contribution in [1.82, 2.24) is 5.01 Å². The molecule has 2 rings (SSSR count). The molecule has 0 bridgehead atoms. The Hall–Kier alpha value is -1.29. The molecule has 0 N–H and O–H groups in total. The lowest BCUT2D eigenvalue weighted by Crippen LogP contribution is -2.25. The van der Waals surface area contributed by atoms with Crippen LogP contribution in [-0.4, -0.2) is 23.7 Å². The van der Waals surface area contributed by atoms with Crippen LogP contribution in [-0.2, 0) is 4.79 Å². The topological polar surface area (TPSA) is 32.7 Å². The van der Waals surface area contributed by atoms with E-state index in [9.17, 15) is 4.79 Å². The molecule has 25 heavy (non-hydrogen) atoms. The van der Waals surface area contributed by atoms with Gasteiger partial charge in [0.05, 0.1) is 5.57 Å². The van der Waals surface area contributed by atoms with Crippen molar-refractivity contribution in [2.24, 2.45) is 16.9 Å². The number of hydrazone groups is 1. The molecular formula is C21H32N2OS. The van der Waals surface area contributed by atoms with E-state index >= 15 is 0 Å². The van der Waals surface area contributed by atoms with Gasteiger partial charge in [0.2, 0.25) is 0 Å². The molecule has 2 aliphatic rings. The second-order valence-electron chi connectivity index (χ2n) is 7.35. The second-order valence-corrected chi connectivity index (χ2v) is 7.89. The summed E-state index contributed by atoms with van der Waals surface area (Å²) < 4.78 is 0. The summed E-state index contributed by atoms with van der Waals surface area (Å²) in [6, 6.07) is 0. The predicted molar refractivity (Wildman–Crippen MR) is 110 cm³/mol. The molecule has 0 aromatic carbocycles. The monoisotopic (exact) mass is 360 g/mol. The van der Waals surface area contributed by atoms with E-state index in [0.29, 0.717) is 10.5 Å². The Morgan fingerprint density at radius 1 is 1.12 bits per heavy atom. The largest absolute Gasteiger partial charge is 0.274 e. The highest BCUT2D eigenvalue weighted by Gasteiger charge is 2.26. The Labute approximate surface area is 158 Å². The fourth-order valence-corrected chi connectivity index (χ4v) is 4.42. The Morgan fingerprint density at radius 2 is 1.64 bits per heavy atom. The molecule has 0 aromatic heterocycles. The first kappa shape index (κ1) is 20.0. The summed E-state index contributed by atoms with van der Waals surface area (Å²) >= 11 is 4.20. The number of hydrogen-bond donors (Lipinski definition) is 1. The minimum absolute atomic E-state index is 0.182. The summed E-state index contributed by atoms with van der Waals surface area (Å²) in [5.41, 5.74) is 1.58. The van der Waals surface area contributed by atoms with Crippen LogP contribution in [0.25, 0.3) is 0 Å². The molecule has 0 unspecified atom stereocenters. The van der Waals surface area contributed by atoms with Crippen molar-refractivity contribution in [3.63, 3.8) is 0 Å². The maximum atomic E-state index is 12.5. The summed E-state index contributed by atoms with van der Waals surface area (Å²) in [5, 5.41) is 6.03. The number of hydrogen-bond acceptors (Lipinski definition) is 3. The van der Waals surface area contributed by atoms with Gasteiger partial charge in [-0.15, -0.1) is 12.6 Å². The van der Waals surface area contributed by atoms with Crippen molar-refractivity contribution in [1.29, 1.82) is 0 Å². The number of allylic oxidation sites excluding steroid dienone is 2. The van der Waals surface area contributed by atoms with Gasteiger partial charge >= 0.3 is 0 Å². The van der Waals surface area contributed by atoms with Crippen LogP contribution >= 0.6 is 12.6 Å². The number of nitrogens with zero attached hydrogens (tertiary/aromatic N) is 2. The Kier molecular flexibility index (Phi) is 8.01. The van der Waals surface area contributed by atoms with Gasteiger partial charge in [0.15, 0.2) is 0 Å². The van der Waals surface area contributed by atoms with Crippen LogP contribution in [0.2, 0.25) is 0 Å².